The molecule has 29 heavy (non-hydrogen) atoms. The molecule has 0 bridgehead atoms. The summed E-state index contributed by atoms with van der Waals surface area (Å²) in [6, 6.07) is 9.74. The van der Waals surface area contributed by atoms with Crippen LogP contribution in [0.15, 0.2) is 51.9 Å². The normalized spacial score (nSPS) is 14.6. The van der Waals surface area contributed by atoms with Gasteiger partial charge in [-0.1, -0.05) is 12.1 Å². The van der Waals surface area contributed by atoms with E-state index in [2.05, 4.69) is 20.9 Å². The van der Waals surface area contributed by atoms with Gasteiger partial charge in [-0.05, 0) is 58.6 Å². The average Bonchev–Trinajstić information content (AvgIpc) is 3.24. The smallest absolute Gasteiger partial charge is 0.339 e. The fourth-order valence-electron chi connectivity index (χ4n) is 3.45. The van der Waals surface area contributed by atoms with Gasteiger partial charge in [0.25, 0.3) is 11.5 Å². The summed E-state index contributed by atoms with van der Waals surface area (Å²) < 4.78 is 40.3. The molecule has 1 aliphatic rings. The fourth-order valence-corrected chi connectivity index (χ4v) is 3.95. The molecular formula is C20H15BrF3N3O2. The summed E-state index contributed by atoms with van der Waals surface area (Å²) in [5, 5.41) is 0. The van der Waals surface area contributed by atoms with Crippen LogP contribution in [0.4, 0.5) is 13.2 Å². The van der Waals surface area contributed by atoms with E-state index >= 15 is 0 Å². The molecule has 3 heterocycles. The molecule has 1 aromatic carbocycles. The van der Waals surface area contributed by atoms with E-state index < -0.39 is 21.9 Å². The lowest BCUT2D eigenvalue weighted by Gasteiger charge is -2.16. The van der Waals surface area contributed by atoms with Gasteiger partial charge in [0.15, 0.2) is 5.69 Å². The van der Waals surface area contributed by atoms with Crippen LogP contribution in [0.2, 0.25) is 0 Å². The van der Waals surface area contributed by atoms with Crippen LogP contribution in [0.3, 0.4) is 0 Å². The molecule has 1 fully saturated rings. The lowest BCUT2D eigenvalue weighted by molar-refractivity contribution is -0.141. The molecule has 0 aliphatic carbocycles. The standard InChI is InChI=1S/C20H15BrF3N3O2/c21-15-16(20(22,23)24)25-17-14(4-3-11-27(17)19(15)29)12-5-7-13(8-6-12)18(28)26-9-1-2-10-26/h3-8,11H,1-2,9-10H2. The maximum Gasteiger partial charge on any atom is 0.434 e. The molecule has 5 nitrogen and oxygen atoms in total. The van der Waals surface area contributed by atoms with Gasteiger partial charge in [0.05, 0.1) is 0 Å². The summed E-state index contributed by atoms with van der Waals surface area (Å²) in [5.74, 6) is -0.0652. The topological polar surface area (TPSA) is 54.7 Å². The van der Waals surface area contributed by atoms with Crippen LogP contribution in [0, 0.1) is 0 Å². The lowest BCUT2D eigenvalue weighted by Crippen LogP contribution is -2.27. The Morgan fingerprint density at radius 1 is 1.07 bits per heavy atom. The molecule has 1 amide bonds. The number of halogens is 4. The number of rotatable bonds is 2. The molecule has 4 rings (SSSR count). The zero-order chi connectivity index (χ0) is 20.8. The molecule has 2 aromatic heterocycles. The second-order valence-corrected chi connectivity index (χ2v) is 7.56. The van der Waals surface area contributed by atoms with Crippen molar-refractivity contribution in [2.24, 2.45) is 0 Å². The van der Waals surface area contributed by atoms with Gasteiger partial charge in [-0.2, -0.15) is 13.2 Å². The van der Waals surface area contributed by atoms with Gasteiger partial charge in [-0.3, -0.25) is 14.0 Å². The SMILES string of the molecule is O=C(c1ccc(-c2cccn3c(=O)c(Br)c(C(F)(F)F)nc23)cc1)N1CCCC1. The second-order valence-electron chi connectivity index (χ2n) is 6.77. The van der Waals surface area contributed by atoms with Gasteiger partial charge in [0.1, 0.15) is 10.1 Å². The highest BCUT2D eigenvalue weighted by Gasteiger charge is 2.37. The molecule has 0 saturated carbocycles. The van der Waals surface area contributed by atoms with Gasteiger partial charge in [0, 0.05) is 30.4 Å². The highest BCUT2D eigenvalue weighted by molar-refractivity contribution is 9.10. The molecule has 0 N–H and O–H groups in total. The van der Waals surface area contributed by atoms with Crippen LogP contribution in [0.5, 0.6) is 0 Å². The second kappa shape index (κ2) is 7.29. The van der Waals surface area contributed by atoms with E-state index in [4.69, 9.17) is 0 Å². The van der Waals surface area contributed by atoms with E-state index in [0.29, 0.717) is 16.7 Å². The van der Waals surface area contributed by atoms with E-state index in [-0.39, 0.29) is 11.6 Å². The van der Waals surface area contributed by atoms with Crippen LogP contribution < -0.4 is 5.56 Å². The summed E-state index contributed by atoms with van der Waals surface area (Å²) in [6.45, 7) is 1.46. The molecular weight excluding hydrogens is 451 g/mol. The molecule has 9 heteroatoms. The quantitative estimate of drug-likeness (QED) is 0.564. The molecule has 0 radical (unpaired) electrons. The van der Waals surface area contributed by atoms with Crippen molar-refractivity contribution in [2.45, 2.75) is 19.0 Å². The molecule has 0 spiro atoms. The third-order valence-electron chi connectivity index (χ3n) is 4.90. The Bertz CT molecular complexity index is 1150. The first-order valence-electron chi connectivity index (χ1n) is 8.95. The van der Waals surface area contributed by atoms with Crippen molar-refractivity contribution in [3.63, 3.8) is 0 Å². The first-order valence-corrected chi connectivity index (χ1v) is 9.74. The highest BCUT2D eigenvalue weighted by atomic mass is 79.9. The zero-order valence-corrected chi connectivity index (χ0v) is 16.6. The first-order chi connectivity index (χ1) is 13.8. The number of nitrogens with zero attached hydrogens (tertiary/aromatic N) is 3. The predicted molar refractivity (Wildman–Crippen MR) is 105 cm³/mol. The van der Waals surface area contributed by atoms with Crippen LogP contribution in [-0.2, 0) is 6.18 Å². The number of likely N-dealkylation sites (tertiary alicyclic amines) is 1. The summed E-state index contributed by atoms with van der Waals surface area (Å²) in [5.41, 5.74) is -0.779. The molecule has 3 aromatic rings. The third kappa shape index (κ3) is 3.55. The monoisotopic (exact) mass is 465 g/mol. The number of hydrogen-bond acceptors (Lipinski definition) is 3. The minimum Gasteiger partial charge on any atom is -0.339 e. The number of carbonyl (C=O) groups is 1. The molecule has 0 unspecified atom stereocenters. The highest BCUT2D eigenvalue weighted by Crippen LogP contribution is 2.33. The summed E-state index contributed by atoms with van der Waals surface area (Å²) in [6.07, 6.45) is -1.44. The van der Waals surface area contributed by atoms with Crippen molar-refractivity contribution in [2.75, 3.05) is 13.1 Å². The Hall–Kier alpha value is -2.68. The van der Waals surface area contributed by atoms with Gasteiger partial charge < -0.3 is 4.90 Å². The number of fused-ring (bicyclic) bond motifs is 1. The van der Waals surface area contributed by atoms with E-state index in [9.17, 15) is 22.8 Å². The Balaban J connectivity index is 1.81. The van der Waals surface area contributed by atoms with Crippen molar-refractivity contribution >= 4 is 27.5 Å². The predicted octanol–water partition coefficient (Wildman–Crippen LogP) is 4.38. The number of hydrogen-bond donors (Lipinski definition) is 0. The summed E-state index contributed by atoms with van der Waals surface area (Å²) in [4.78, 5) is 30.4. The molecule has 1 saturated heterocycles. The maximum atomic E-state index is 13.3. The van der Waals surface area contributed by atoms with Crippen molar-refractivity contribution in [3.8, 4) is 11.1 Å². The van der Waals surface area contributed by atoms with E-state index in [1.165, 1.54) is 6.20 Å². The average molecular weight is 466 g/mol. The van der Waals surface area contributed by atoms with Gasteiger partial charge in [0.2, 0.25) is 0 Å². The molecule has 150 valence electrons. The Kier molecular flexibility index (Phi) is 4.94. The van der Waals surface area contributed by atoms with E-state index in [1.54, 1.807) is 41.3 Å². The largest absolute Gasteiger partial charge is 0.434 e. The molecule has 0 atom stereocenters. The Labute approximate surface area is 171 Å². The van der Waals surface area contributed by atoms with Crippen molar-refractivity contribution in [1.82, 2.24) is 14.3 Å². The summed E-state index contributed by atoms with van der Waals surface area (Å²) in [7, 11) is 0. The van der Waals surface area contributed by atoms with E-state index in [0.717, 1.165) is 30.3 Å². The minimum atomic E-state index is -4.77. The Morgan fingerprint density at radius 3 is 2.34 bits per heavy atom. The molecule has 1 aliphatic heterocycles. The number of pyridine rings is 1. The first kappa shape index (κ1) is 19.6. The van der Waals surface area contributed by atoms with Crippen LogP contribution in [0.25, 0.3) is 16.8 Å². The fraction of sp³-hybridized carbons (Fsp3) is 0.250. The van der Waals surface area contributed by atoms with Crippen molar-refractivity contribution in [1.29, 1.82) is 0 Å². The van der Waals surface area contributed by atoms with Crippen LogP contribution in [0.1, 0.15) is 28.9 Å². The lowest BCUT2D eigenvalue weighted by atomic mass is 10.0. The third-order valence-corrected chi connectivity index (χ3v) is 5.62. The Morgan fingerprint density at radius 2 is 1.72 bits per heavy atom. The maximum absolute atomic E-state index is 13.3. The van der Waals surface area contributed by atoms with Gasteiger partial charge in [-0.15, -0.1) is 0 Å². The van der Waals surface area contributed by atoms with Crippen molar-refractivity contribution in [3.05, 3.63) is 68.7 Å². The van der Waals surface area contributed by atoms with E-state index in [1.807, 2.05) is 0 Å². The summed E-state index contributed by atoms with van der Waals surface area (Å²) >= 11 is 2.72. The van der Waals surface area contributed by atoms with Gasteiger partial charge >= 0.3 is 6.18 Å². The number of carbonyl (C=O) groups excluding carboxylic acids is 1. The number of aromatic nitrogens is 2. The number of benzene rings is 1. The minimum absolute atomic E-state index is 0.0652. The number of alkyl halides is 3. The van der Waals surface area contributed by atoms with Gasteiger partial charge in [-0.25, -0.2) is 4.98 Å². The number of amides is 1. The zero-order valence-electron chi connectivity index (χ0n) is 15.0. The van der Waals surface area contributed by atoms with Crippen LogP contribution in [-0.4, -0.2) is 33.3 Å². The van der Waals surface area contributed by atoms with Crippen LogP contribution >= 0.6 is 15.9 Å². The van der Waals surface area contributed by atoms with Crippen molar-refractivity contribution < 1.29 is 18.0 Å².